The molecular weight excluding hydrogens is 363 g/mol. The van der Waals surface area contributed by atoms with Gasteiger partial charge in [-0.25, -0.2) is 0 Å². The molecule has 1 amide bonds. The van der Waals surface area contributed by atoms with Crippen LogP contribution in [-0.2, 0) is 11.0 Å². The highest BCUT2D eigenvalue weighted by Gasteiger charge is 2.34. The molecule has 0 bridgehead atoms. The zero-order valence-corrected chi connectivity index (χ0v) is 15.1. The first-order valence-electron chi connectivity index (χ1n) is 8.06. The van der Waals surface area contributed by atoms with Gasteiger partial charge in [-0.15, -0.1) is 0 Å². The third-order valence-corrected chi connectivity index (χ3v) is 3.83. The van der Waals surface area contributed by atoms with E-state index < -0.39 is 36.0 Å². The van der Waals surface area contributed by atoms with Crippen LogP contribution in [0, 0.1) is 0 Å². The van der Waals surface area contributed by atoms with Crippen LogP contribution in [0.1, 0.15) is 24.1 Å². The molecule has 1 unspecified atom stereocenters. The van der Waals surface area contributed by atoms with Crippen molar-refractivity contribution < 1.29 is 32.2 Å². The lowest BCUT2D eigenvalue weighted by molar-refractivity contribution is -0.139. The third kappa shape index (κ3) is 5.29. The minimum atomic E-state index is -4.56. The number of hydrogen-bond donors (Lipinski definition) is 1. The lowest BCUT2D eigenvalue weighted by Crippen LogP contribution is -2.31. The molecule has 0 saturated carbocycles. The van der Waals surface area contributed by atoms with Crippen molar-refractivity contribution in [1.82, 2.24) is 5.32 Å². The van der Waals surface area contributed by atoms with Gasteiger partial charge in [0.25, 0.3) is 5.91 Å². The molecule has 2 aromatic rings. The molecule has 2 rings (SSSR count). The van der Waals surface area contributed by atoms with Crippen LogP contribution in [-0.4, -0.2) is 26.7 Å². The number of carbonyl (C=O) groups excluding carboxylic acids is 1. The van der Waals surface area contributed by atoms with Crippen molar-refractivity contribution in [2.45, 2.75) is 19.1 Å². The molecule has 0 aliphatic heterocycles. The first kappa shape index (κ1) is 20.4. The van der Waals surface area contributed by atoms with E-state index in [0.29, 0.717) is 17.1 Å². The highest BCUT2D eigenvalue weighted by Crippen LogP contribution is 2.36. The summed E-state index contributed by atoms with van der Waals surface area (Å²) in [4.78, 5) is 12.1. The first-order chi connectivity index (χ1) is 12.8. The summed E-state index contributed by atoms with van der Waals surface area (Å²) in [6.45, 7) is 1.17. The van der Waals surface area contributed by atoms with Crippen LogP contribution in [0.4, 0.5) is 13.2 Å². The summed E-state index contributed by atoms with van der Waals surface area (Å²) in [5.41, 5.74) is -0.263. The topological polar surface area (TPSA) is 56.8 Å². The van der Waals surface area contributed by atoms with Crippen LogP contribution in [0.2, 0.25) is 0 Å². The Labute approximate surface area is 155 Å². The van der Waals surface area contributed by atoms with Crippen molar-refractivity contribution in [3.05, 3.63) is 53.6 Å². The van der Waals surface area contributed by atoms with E-state index in [2.05, 4.69) is 5.32 Å². The van der Waals surface area contributed by atoms with Gasteiger partial charge in [-0.1, -0.05) is 12.1 Å². The molecule has 146 valence electrons. The van der Waals surface area contributed by atoms with Crippen molar-refractivity contribution in [3.63, 3.8) is 0 Å². The number of carbonyl (C=O) groups is 1. The van der Waals surface area contributed by atoms with Crippen molar-refractivity contribution in [1.29, 1.82) is 0 Å². The van der Waals surface area contributed by atoms with Crippen molar-refractivity contribution in [3.8, 4) is 17.2 Å². The van der Waals surface area contributed by atoms with E-state index >= 15 is 0 Å². The lowest BCUT2D eigenvalue weighted by atomic mass is 10.1. The molecule has 1 atom stereocenters. The second kappa shape index (κ2) is 8.66. The average molecular weight is 383 g/mol. The van der Waals surface area contributed by atoms with Crippen molar-refractivity contribution in [2.24, 2.45) is 0 Å². The molecule has 0 fully saturated rings. The lowest BCUT2D eigenvalue weighted by Gasteiger charge is -2.19. The van der Waals surface area contributed by atoms with E-state index in [1.807, 2.05) is 0 Å². The minimum absolute atomic E-state index is 0.397. The molecule has 2 aromatic carbocycles. The first-order valence-corrected chi connectivity index (χ1v) is 8.06. The van der Waals surface area contributed by atoms with Crippen LogP contribution >= 0.6 is 0 Å². The molecule has 0 aliphatic carbocycles. The number of halogens is 3. The number of benzene rings is 2. The Balaban J connectivity index is 2.05. The van der Waals surface area contributed by atoms with Gasteiger partial charge in [0.15, 0.2) is 6.61 Å². The van der Waals surface area contributed by atoms with Gasteiger partial charge in [-0.05, 0) is 37.3 Å². The summed E-state index contributed by atoms with van der Waals surface area (Å²) < 4.78 is 54.4. The van der Waals surface area contributed by atoms with Gasteiger partial charge >= 0.3 is 6.18 Å². The molecule has 0 aliphatic rings. The fraction of sp³-hybridized carbons (Fsp3) is 0.316. The number of methoxy groups -OCH3 is 2. The van der Waals surface area contributed by atoms with Gasteiger partial charge in [0.1, 0.15) is 17.2 Å². The molecule has 8 heteroatoms. The van der Waals surface area contributed by atoms with Crippen LogP contribution in [0.25, 0.3) is 0 Å². The monoisotopic (exact) mass is 383 g/mol. The van der Waals surface area contributed by atoms with E-state index in [9.17, 15) is 18.0 Å². The van der Waals surface area contributed by atoms with Gasteiger partial charge in [0.2, 0.25) is 0 Å². The van der Waals surface area contributed by atoms with Gasteiger partial charge in [0.05, 0.1) is 25.8 Å². The standard InChI is InChI=1S/C19H20F3NO4/c1-12(14-10-13(25-2)8-9-16(14)26-3)23-18(24)11-27-17-7-5-4-6-15(17)19(20,21)22/h4-10,12H,11H2,1-3H3,(H,23,24). The fourth-order valence-corrected chi connectivity index (χ4v) is 2.51. The van der Waals surface area contributed by atoms with E-state index in [-0.39, 0.29) is 0 Å². The van der Waals surface area contributed by atoms with Gasteiger partial charge < -0.3 is 19.5 Å². The van der Waals surface area contributed by atoms with E-state index in [1.165, 1.54) is 32.4 Å². The molecule has 0 heterocycles. The van der Waals surface area contributed by atoms with Crippen molar-refractivity contribution in [2.75, 3.05) is 20.8 Å². The fourth-order valence-electron chi connectivity index (χ4n) is 2.51. The summed E-state index contributed by atoms with van der Waals surface area (Å²) in [6, 6.07) is 9.40. The maximum absolute atomic E-state index is 13.0. The van der Waals surface area contributed by atoms with E-state index in [1.54, 1.807) is 25.1 Å². The number of alkyl halides is 3. The molecule has 0 saturated heterocycles. The van der Waals surface area contributed by atoms with Crippen LogP contribution in [0.5, 0.6) is 17.2 Å². The number of amides is 1. The number of para-hydroxylation sites is 1. The summed E-state index contributed by atoms with van der Waals surface area (Å²) in [5, 5.41) is 2.67. The second-order valence-electron chi connectivity index (χ2n) is 5.68. The molecule has 0 aromatic heterocycles. The summed E-state index contributed by atoms with van der Waals surface area (Å²) in [5.74, 6) is 0.172. The smallest absolute Gasteiger partial charge is 0.419 e. The van der Waals surface area contributed by atoms with Crippen LogP contribution < -0.4 is 19.5 Å². The third-order valence-electron chi connectivity index (χ3n) is 3.83. The predicted molar refractivity (Wildman–Crippen MR) is 93.0 cm³/mol. The maximum Gasteiger partial charge on any atom is 0.419 e. The normalized spacial score (nSPS) is 12.2. The number of nitrogens with one attached hydrogen (secondary N) is 1. The van der Waals surface area contributed by atoms with E-state index in [0.717, 1.165) is 6.07 Å². The Bertz CT molecular complexity index is 793. The largest absolute Gasteiger partial charge is 0.497 e. The molecule has 0 spiro atoms. The van der Waals surface area contributed by atoms with Gasteiger partial charge in [-0.2, -0.15) is 13.2 Å². The molecule has 1 N–H and O–H groups in total. The van der Waals surface area contributed by atoms with Crippen LogP contribution in [0.15, 0.2) is 42.5 Å². The molecular formula is C19H20F3NO4. The van der Waals surface area contributed by atoms with Crippen molar-refractivity contribution >= 4 is 5.91 Å². The van der Waals surface area contributed by atoms with Gasteiger partial charge in [0, 0.05) is 5.56 Å². The Hall–Kier alpha value is -2.90. The maximum atomic E-state index is 13.0. The Kier molecular flexibility index (Phi) is 6.55. The highest BCUT2D eigenvalue weighted by atomic mass is 19.4. The highest BCUT2D eigenvalue weighted by molar-refractivity contribution is 5.78. The van der Waals surface area contributed by atoms with E-state index in [4.69, 9.17) is 14.2 Å². The van der Waals surface area contributed by atoms with Crippen LogP contribution in [0.3, 0.4) is 0 Å². The summed E-state index contributed by atoms with van der Waals surface area (Å²) >= 11 is 0. The Morgan fingerprint density at radius 3 is 2.41 bits per heavy atom. The van der Waals surface area contributed by atoms with Gasteiger partial charge in [-0.3, -0.25) is 4.79 Å². The summed E-state index contributed by atoms with van der Waals surface area (Å²) in [7, 11) is 3.01. The zero-order valence-electron chi connectivity index (χ0n) is 15.1. The second-order valence-corrected chi connectivity index (χ2v) is 5.68. The SMILES string of the molecule is COc1ccc(OC)c(C(C)NC(=O)COc2ccccc2C(F)(F)F)c1. The zero-order chi connectivity index (χ0) is 20.0. The Morgan fingerprint density at radius 2 is 1.78 bits per heavy atom. The predicted octanol–water partition coefficient (Wildman–Crippen LogP) is 3.98. The molecule has 27 heavy (non-hydrogen) atoms. The average Bonchev–Trinajstić information content (AvgIpc) is 2.65. The number of ether oxygens (including phenoxy) is 3. The number of rotatable bonds is 7. The molecule has 0 radical (unpaired) electrons. The molecule has 5 nitrogen and oxygen atoms in total. The number of hydrogen-bond acceptors (Lipinski definition) is 4. The Morgan fingerprint density at radius 1 is 1.07 bits per heavy atom. The summed E-state index contributed by atoms with van der Waals surface area (Å²) in [6.07, 6.45) is -4.56. The minimum Gasteiger partial charge on any atom is -0.497 e. The quantitative estimate of drug-likeness (QED) is 0.786.